The van der Waals surface area contributed by atoms with Gasteiger partial charge in [-0.1, -0.05) is 6.07 Å². The van der Waals surface area contributed by atoms with Crippen molar-refractivity contribution in [3.63, 3.8) is 0 Å². The van der Waals surface area contributed by atoms with Crippen LogP contribution >= 0.6 is 0 Å². The van der Waals surface area contributed by atoms with Gasteiger partial charge >= 0.3 is 12.1 Å². The summed E-state index contributed by atoms with van der Waals surface area (Å²) in [6.45, 7) is 4.93. The molecule has 2 aromatic rings. The second-order valence-electron chi connectivity index (χ2n) is 6.38. The van der Waals surface area contributed by atoms with E-state index in [4.69, 9.17) is 10.00 Å². The van der Waals surface area contributed by atoms with Gasteiger partial charge in [0.2, 0.25) is 0 Å². The number of carbonyl (C=O) groups is 1. The van der Waals surface area contributed by atoms with Crippen LogP contribution in [-0.2, 0) is 22.3 Å². The summed E-state index contributed by atoms with van der Waals surface area (Å²) in [6, 6.07) is 5.00. The number of benzene rings is 1. The molecule has 0 aliphatic rings. The van der Waals surface area contributed by atoms with E-state index in [0.29, 0.717) is 0 Å². The fourth-order valence-corrected chi connectivity index (χ4v) is 2.20. The Balaban J connectivity index is 2.31. The number of carbonyl (C=O) groups excluding carboxylic acids is 1. The number of alkyl halides is 3. The maximum absolute atomic E-state index is 13.2. The number of halogens is 3. The SMILES string of the molecule is CC(C)(C)OC(=O)Cn1cc(-c2ccc(C#N)cc2C(F)(F)F)cn1. The van der Waals surface area contributed by atoms with E-state index in [1.807, 2.05) is 0 Å². The van der Waals surface area contributed by atoms with Gasteiger partial charge in [-0.2, -0.15) is 23.5 Å². The lowest BCUT2D eigenvalue weighted by Crippen LogP contribution is -2.26. The molecule has 0 radical (unpaired) electrons. The highest BCUT2D eigenvalue weighted by Gasteiger charge is 2.34. The van der Waals surface area contributed by atoms with E-state index in [0.717, 1.165) is 6.07 Å². The summed E-state index contributed by atoms with van der Waals surface area (Å²) in [6.07, 6.45) is -2.04. The summed E-state index contributed by atoms with van der Waals surface area (Å²) in [7, 11) is 0. The van der Waals surface area contributed by atoms with Gasteiger partial charge in [0.25, 0.3) is 0 Å². The van der Waals surface area contributed by atoms with Crippen molar-refractivity contribution < 1.29 is 22.7 Å². The van der Waals surface area contributed by atoms with Gasteiger partial charge in [0.15, 0.2) is 0 Å². The van der Waals surface area contributed by atoms with E-state index in [1.54, 1.807) is 26.8 Å². The van der Waals surface area contributed by atoms with Gasteiger partial charge in [-0.3, -0.25) is 9.48 Å². The monoisotopic (exact) mass is 351 g/mol. The van der Waals surface area contributed by atoms with Gasteiger partial charge in [-0.05, 0) is 38.5 Å². The molecule has 0 atom stereocenters. The molecule has 0 bridgehead atoms. The minimum Gasteiger partial charge on any atom is -0.459 e. The summed E-state index contributed by atoms with van der Waals surface area (Å²) in [5, 5.41) is 12.7. The highest BCUT2D eigenvalue weighted by molar-refractivity contribution is 5.71. The number of nitrogens with zero attached hydrogens (tertiary/aromatic N) is 3. The van der Waals surface area contributed by atoms with E-state index in [1.165, 1.54) is 29.2 Å². The van der Waals surface area contributed by atoms with E-state index in [9.17, 15) is 18.0 Å². The highest BCUT2D eigenvalue weighted by atomic mass is 19.4. The maximum atomic E-state index is 13.2. The largest absolute Gasteiger partial charge is 0.459 e. The fourth-order valence-electron chi connectivity index (χ4n) is 2.20. The van der Waals surface area contributed by atoms with Crippen molar-refractivity contribution in [3.8, 4) is 17.2 Å². The van der Waals surface area contributed by atoms with Crippen LogP contribution in [0.15, 0.2) is 30.6 Å². The van der Waals surface area contributed by atoms with Crippen LogP contribution in [0.25, 0.3) is 11.1 Å². The van der Waals surface area contributed by atoms with Crippen LogP contribution in [0.5, 0.6) is 0 Å². The Morgan fingerprint density at radius 1 is 1.32 bits per heavy atom. The van der Waals surface area contributed by atoms with Gasteiger partial charge in [-0.15, -0.1) is 0 Å². The molecular formula is C17H16F3N3O2. The summed E-state index contributed by atoms with van der Waals surface area (Å²) in [5.74, 6) is -0.543. The van der Waals surface area contributed by atoms with Crippen LogP contribution in [0.2, 0.25) is 0 Å². The first kappa shape index (κ1) is 18.5. The molecule has 0 saturated heterocycles. The minimum atomic E-state index is -4.62. The second-order valence-corrected chi connectivity index (χ2v) is 6.38. The average molecular weight is 351 g/mol. The third kappa shape index (κ3) is 4.83. The zero-order chi connectivity index (χ0) is 18.8. The third-order valence-corrected chi connectivity index (χ3v) is 3.11. The van der Waals surface area contributed by atoms with Crippen molar-refractivity contribution in [3.05, 3.63) is 41.7 Å². The Hall–Kier alpha value is -2.82. The maximum Gasteiger partial charge on any atom is 0.417 e. The van der Waals surface area contributed by atoms with Crippen LogP contribution in [-0.4, -0.2) is 21.4 Å². The molecule has 0 saturated carbocycles. The Morgan fingerprint density at radius 2 is 2.00 bits per heavy atom. The molecule has 25 heavy (non-hydrogen) atoms. The number of nitriles is 1. The molecule has 0 spiro atoms. The van der Waals surface area contributed by atoms with Gasteiger partial charge in [-0.25, -0.2) is 0 Å². The number of hydrogen-bond acceptors (Lipinski definition) is 4. The molecule has 0 N–H and O–H groups in total. The van der Waals surface area contributed by atoms with E-state index in [-0.39, 0.29) is 23.2 Å². The number of aromatic nitrogens is 2. The first-order valence-corrected chi connectivity index (χ1v) is 7.35. The summed E-state index contributed by atoms with van der Waals surface area (Å²) in [5.41, 5.74) is -1.59. The smallest absolute Gasteiger partial charge is 0.417 e. The highest BCUT2D eigenvalue weighted by Crippen LogP contribution is 2.37. The van der Waals surface area contributed by atoms with E-state index >= 15 is 0 Å². The van der Waals surface area contributed by atoms with Gasteiger partial charge in [0.05, 0.1) is 23.4 Å². The molecular weight excluding hydrogens is 335 g/mol. The summed E-state index contributed by atoms with van der Waals surface area (Å²) >= 11 is 0. The molecule has 0 aliphatic carbocycles. The molecule has 0 unspecified atom stereocenters. The topological polar surface area (TPSA) is 67.9 Å². The lowest BCUT2D eigenvalue weighted by atomic mass is 9.99. The van der Waals surface area contributed by atoms with Crippen LogP contribution in [0, 0.1) is 11.3 Å². The number of rotatable bonds is 3. The zero-order valence-corrected chi connectivity index (χ0v) is 13.9. The zero-order valence-electron chi connectivity index (χ0n) is 13.9. The Bertz CT molecular complexity index is 827. The number of esters is 1. The quantitative estimate of drug-likeness (QED) is 0.789. The Morgan fingerprint density at radius 3 is 2.56 bits per heavy atom. The fraction of sp³-hybridized carbons (Fsp3) is 0.353. The second kappa shape index (κ2) is 6.59. The van der Waals surface area contributed by atoms with Crippen LogP contribution in [0.4, 0.5) is 13.2 Å². The van der Waals surface area contributed by atoms with Gasteiger partial charge in [0.1, 0.15) is 12.1 Å². The molecule has 1 heterocycles. The van der Waals surface area contributed by atoms with E-state index < -0.39 is 23.3 Å². The Kier molecular flexibility index (Phi) is 4.88. The molecule has 1 aromatic heterocycles. The molecule has 0 fully saturated rings. The molecule has 1 aromatic carbocycles. The predicted molar refractivity (Wildman–Crippen MR) is 83.2 cm³/mol. The van der Waals surface area contributed by atoms with Crippen molar-refractivity contribution >= 4 is 5.97 Å². The van der Waals surface area contributed by atoms with Crippen LogP contribution in [0.3, 0.4) is 0 Å². The predicted octanol–water partition coefficient (Wildman–Crippen LogP) is 3.78. The van der Waals surface area contributed by atoms with Crippen molar-refractivity contribution in [2.24, 2.45) is 0 Å². The standard InChI is InChI=1S/C17H16F3N3O2/c1-16(2,3)25-15(24)10-23-9-12(8-22-23)13-5-4-11(7-21)6-14(13)17(18,19)20/h4-6,8-9H,10H2,1-3H3. The minimum absolute atomic E-state index is 0.0859. The van der Waals surface area contributed by atoms with Gasteiger partial charge in [0, 0.05) is 11.8 Å². The number of hydrogen-bond donors (Lipinski definition) is 0. The van der Waals surface area contributed by atoms with Crippen molar-refractivity contribution in [1.82, 2.24) is 9.78 Å². The van der Waals surface area contributed by atoms with Crippen LogP contribution < -0.4 is 0 Å². The number of ether oxygens (including phenoxy) is 1. The molecule has 0 amide bonds. The summed E-state index contributed by atoms with van der Waals surface area (Å²) in [4.78, 5) is 11.8. The average Bonchev–Trinajstić information content (AvgIpc) is 2.91. The molecule has 2 rings (SSSR count). The third-order valence-electron chi connectivity index (χ3n) is 3.11. The van der Waals surface area contributed by atoms with E-state index in [2.05, 4.69) is 5.10 Å². The first-order chi connectivity index (χ1) is 11.5. The normalized spacial score (nSPS) is 11.9. The lowest BCUT2D eigenvalue weighted by molar-refractivity contribution is -0.155. The van der Waals surface area contributed by atoms with Gasteiger partial charge < -0.3 is 4.74 Å². The van der Waals surface area contributed by atoms with Crippen molar-refractivity contribution in [2.45, 2.75) is 39.1 Å². The molecule has 132 valence electrons. The molecule has 8 heteroatoms. The van der Waals surface area contributed by atoms with Crippen molar-refractivity contribution in [1.29, 1.82) is 5.26 Å². The first-order valence-electron chi connectivity index (χ1n) is 7.35. The Labute approximate surface area is 142 Å². The van der Waals surface area contributed by atoms with Crippen LogP contribution in [0.1, 0.15) is 31.9 Å². The molecule has 0 aliphatic heterocycles. The molecule has 5 nitrogen and oxygen atoms in total. The summed E-state index contributed by atoms with van der Waals surface area (Å²) < 4.78 is 46.1. The van der Waals surface area contributed by atoms with Crippen molar-refractivity contribution in [2.75, 3.05) is 0 Å². The lowest BCUT2D eigenvalue weighted by Gasteiger charge is -2.19.